The number of nitrogens with one attached hydrogen (secondary N) is 1. The van der Waals surface area contributed by atoms with E-state index in [0.717, 1.165) is 12.8 Å². The van der Waals surface area contributed by atoms with Gasteiger partial charge in [-0.2, -0.15) is 0 Å². The van der Waals surface area contributed by atoms with Crippen LogP contribution in [0.5, 0.6) is 0 Å². The third-order valence-corrected chi connectivity index (χ3v) is 5.30. The van der Waals surface area contributed by atoms with E-state index in [9.17, 15) is 9.59 Å². The van der Waals surface area contributed by atoms with Crippen LogP contribution in [0.15, 0.2) is 29.5 Å². The average molecular weight is 399 g/mol. The predicted molar refractivity (Wildman–Crippen MR) is 98.1 cm³/mol. The number of allylic oxidation sites excluding steroid dienone is 1. The molecule has 1 aromatic carbocycles. The molecule has 6 nitrogen and oxygen atoms in total. The quantitative estimate of drug-likeness (QED) is 0.585. The maximum absolute atomic E-state index is 12.8. The standard InChI is InChI=1S/C18H20Cl2N2O4/c1-10-14(17(23)26-9-8-25-2)16(12-4-3-5-13(19)15(12)20)21-18(24)22(10)11-6-7-11/h3-5,11,16H,6-9H2,1-2H3,(H,21,24)/t16-/m0/s1. The van der Waals surface area contributed by atoms with E-state index in [0.29, 0.717) is 33.5 Å². The first kappa shape index (κ1) is 19.0. The molecule has 1 aromatic rings. The molecule has 1 atom stereocenters. The molecule has 8 heteroatoms. The molecule has 1 aliphatic heterocycles. The highest BCUT2D eigenvalue weighted by Gasteiger charge is 2.43. The van der Waals surface area contributed by atoms with Crippen LogP contribution in [-0.2, 0) is 14.3 Å². The lowest BCUT2D eigenvalue weighted by Crippen LogP contribution is -2.49. The minimum atomic E-state index is -0.723. The smallest absolute Gasteiger partial charge is 0.338 e. The molecule has 2 amide bonds. The second kappa shape index (κ2) is 7.86. The summed E-state index contributed by atoms with van der Waals surface area (Å²) in [6, 6.07) is 4.26. The summed E-state index contributed by atoms with van der Waals surface area (Å²) in [5.41, 5.74) is 1.50. The number of nitrogens with zero attached hydrogens (tertiary/aromatic N) is 1. The van der Waals surface area contributed by atoms with Crippen molar-refractivity contribution >= 4 is 35.2 Å². The largest absolute Gasteiger partial charge is 0.460 e. The van der Waals surface area contributed by atoms with E-state index in [1.807, 2.05) is 0 Å². The zero-order chi connectivity index (χ0) is 18.8. The molecular weight excluding hydrogens is 379 g/mol. The van der Waals surface area contributed by atoms with Gasteiger partial charge < -0.3 is 14.8 Å². The maximum Gasteiger partial charge on any atom is 0.338 e. The van der Waals surface area contributed by atoms with Crippen LogP contribution in [0.4, 0.5) is 4.79 Å². The lowest BCUT2D eigenvalue weighted by molar-refractivity contribution is -0.140. The molecule has 0 unspecified atom stereocenters. The van der Waals surface area contributed by atoms with Crippen molar-refractivity contribution in [2.24, 2.45) is 0 Å². The zero-order valence-electron chi connectivity index (χ0n) is 14.6. The van der Waals surface area contributed by atoms with E-state index in [-0.39, 0.29) is 18.7 Å². The van der Waals surface area contributed by atoms with Crippen LogP contribution in [0.3, 0.4) is 0 Å². The maximum atomic E-state index is 12.8. The number of methoxy groups -OCH3 is 1. The van der Waals surface area contributed by atoms with Crippen molar-refractivity contribution < 1.29 is 19.1 Å². The summed E-state index contributed by atoms with van der Waals surface area (Å²) in [7, 11) is 1.53. The van der Waals surface area contributed by atoms with Gasteiger partial charge in [0.25, 0.3) is 0 Å². The summed E-state index contributed by atoms with van der Waals surface area (Å²) in [5.74, 6) is -0.508. The molecule has 1 fully saturated rings. The number of hydrogen-bond acceptors (Lipinski definition) is 4. The highest BCUT2D eigenvalue weighted by atomic mass is 35.5. The van der Waals surface area contributed by atoms with E-state index in [4.69, 9.17) is 32.7 Å². The zero-order valence-corrected chi connectivity index (χ0v) is 16.1. The third-order valence-electron chi connectivity index (χ3n) is 4.47. The van der Waals surface area contributed by atoms with Gasteiger partial charge in [-0.3, -0.25) is 4.90 Å². The number of hydrogen-bond donors (Lipinski definition) is 1. The third kappa shape index (κ3) is 3.68. The Morgan fingerprint density at radius 3 is 2.69 bits per heavy atom. The van der Waals surface area contributed by atoms with Gasteiger partial charge in [-0.05, 0) is 31.4 Å². The van der Waals surface area contributed by atoms with E-state index in [1.165, 1.54) is 7.11 Å². The van der Waals surface area contributed by atoms with Crippen molar-refractivity contribution in [3.8, 4) is 0 Å². The van der Waals surface area contributed by atoms with Gasteiger partial charge in [-0.15, -0.1) is 0 Å². The van der Waals surface area contributed by atoms with E-state index >= 15 is 0 Å². The van der Waals surface area contributed by atoms with E-state index in [1.54, 1.807) is 30.0 Å². The highest BCUT2D eigenvalue weighted by molar-refractivity contribution is 6.42. The normalized spacial score (nSPS) is 20.2. The topological polar surface area (TPSA) is 67.9 Å². The summed E-state index contributed by atoms with van der Waals surface area (Å²) >= 11 is 12.5. The first-order valence-electron chi connectivity index (χ1n) is 8.36. The Bertz CT molecular complexity index is 762. The molecule has 1 N–H and O–H groups in total. The number of benzene rings is 1. The first-order chi connectivity index (χ1) is 12.5. The molecule has 26 heavy (non-hydrogen) atoms. The lowest BCUT2D eigenvalue weighted by Gasteiger charge is -2.35. The predicted octanol–water partition coefficient (Wildman–Crippen LogP) is 3.69. The number of halogens is 2. The van der Waals surface area contributed by atoms with Gasteiger partial charge >= 0.3 is 12.0 Å². The second-order valence-corrected chi connectivity index (χ2v) is 7.04. The van der Waals surface area contributed by atoms with Crippen LogP contribution in [0.2, 0.25) is 10.0 Å². The van der Waals surface area contributed by atoms with Crippen LogP contribution < -0.4 is 5.32 Å². The minimum absolute atomic E-state index is 0.118. The molecule has 2 aliphatic rings. The van der Waals surface area contributed by atoms with Crippen molar-refractivity contribution in [1.29, 1.82) is 0 Å². The van der Waals surface area contributed by atoms with Crippen molar-refractivity contribution in [3.05, 3.63) is 45.1 Å². The monoisotopic (exact) mass is 398 g/mol. The Morgan fingerprint density at radius 1 is 1.31 bits per heavy atom. The molecule has 0 radical (unpaired) electrons. The number of rotatable bonds is 6. The SMILES string of the molecule is COCCOC(=O)C1=C(C)N(C2CC2)C(=O)N[C@H]1c1cccc(Cl)c1Cl. The van der Waals surface area contributed by atoms with Gasteiger partial charge in [-0.25, -0.2) is 9.59 Å². The minimum Gasteiger partial charge on any atom is -0.460 e. The Labute approximate surface area is 162 Å². The van der Waals surface area contributed by atoms with Gasteiger partial charge in [-0.1, -0.05) is 35.3 Å². The van der Waals surface area contributed by atoms with Gasteiger partial charge in [0.2, 0.25) is 0 Å². The van der Waals surface area contributed by atoms with Gasteiger partial charge in [0.15, 0.2) is 0 Å². The molecule has 0 spiro atoms. The summed E-state index contributed by atoms with van der Waals surface area (Å²) in [4.78, 5) is 27.0. The van der Waals surface area contributed by atoms with E-state index in [2.05, 4.69) is 5.32 Å². The summed E-state index contributed by atoms with van der Waals surface area (Å²) < 4.78 is 10.2. The molecule has 1 saturated carbocycles. The summed E-state index contributed by atoms with van der Waals surface area (Å²) in [6.07, 6.45) is 1.83. The van der Waals surface area contributed by atoms with Crippen LogP contribution in [0.1, 0.15) is 31.4 Å². The Kier molecular flexibility index (Phi) is 5.75. The number of amides is 2. The molecule has 1 heterocycles. The molecule has 0 aromatic heterocycles. The summed E-state index contributed by atoms with van der Waals surface area (Å²) in [6.45, 7) is 2.17. The molecule has 0 saturated heterocycles. The lowest BCUT2D eigenvalue weighted by atomic mass is 9.94. The summed E-state index contributed by atoms with van der Waals surface area (Å²) in [5, 5.41) is 3.53. The van der Waals surface area contributed by atoms with Crippen LogP contribution >= 0.6 is 23.2 Å². The van der Waals surface area contributed by atoms with Crippen LogP contribution in [0, 0.1) is 0 Å². The van der Waals surface area contributed by atoms with Crippen molar-refractivity contribution in [2.45, 2.75) is 31.8 Å². The Morgan fingerprint density at radius 2 is 2.04 bits per heavy atom. The van der Waals surface area contributed by atoms with Crippen molar-refractivity contribution in [2.75, 3.05) is 20.3 Å². The first-order valence-corrected chi connectivity index (χ1v) is 9.11. The number of carbonyl (C=O) groups is 2. The average Bonchev–Trinajstić information content (AvgIpc) is 3.42. The number of urea groups is 1. The van der Waals surface area contributed by atoms with Crippen molar-refractivity contribution in [3.63, 3.8) is 0 Å². The van der Waals surface area contributed by atoms with Crippen LogP contribution in [-0.4, -0.2) is 43.3 Å². The van der Waals surface area contributed by atoms with Crippen molar-refractivity contribution in [1.82, 2.24) is 10.2 Å². The number of esters is 1. The molecule has 140 valence electrons. The number of ether oxygens (including phenoxy) is 2. The van der Waals surface area contributed by atoms with Gasteiger partial charge in [0, 0.05) is 18.8 Å². The molecule has 0 bridgehead atoms. The van der Waals surface area contributed by atoms with Gasteiger partial charge in [0.1, 0.15) is 6.61 Å². The van der Waals surface area contributed by atoms with Gasteiger partial charge in [0.05, 0.1) is 28.3 Å². The van der Waals surface area contributed by atoms with E-state index < -0.39 is 12.0 Å². The molecule has 1 aliphatic carbocycles. The Balaban J connectivity index is 2.02. The fourth-order valence-corrected chi connectivity index (χ4v) is 3.48. The molecular formula is C18H20Cl2N2O4. The Hall–Kier alpha value is -1.76. The molecule has 3 rings (SSSR count). The number of carbonyl (C=O) groups excluding carboxylic acids is 2. The fourth-order valence-electron chi connectivity index (χ4n) is 3.07. The fraction of sp³-hybridized carbons (Fsp3) is 0.444. The second-order valence-electron chi connectivity index (χ2n) is 6.25. The van der Waals surface area contributed by atoms with Crippen LogP contribution in [0.25, 0.3) is 0 Å². The highest BCUT2D eigenvalue weighted by Crippen LogP contribution is 2.40.